The zero-order valence-corrected chi connectivity index (χ0v) is 15.4. The number of aromatic nitrogens is 3. The van der Waals surface area contributed by atoms with E-state index in [0.29, 0.717) is 13.0 Å². The zero-order chi connectivity index (χ0) is 18.2. The van der Waals surface area contributed by atoms with Gasteiger partial charge in [-0.3, -0.25) is 4.79 Å². The van der Waals surface area contributed by atoms with E-state index in [0.717, 1.165) is 5.69 Å². The molecule has 1 aliphatic heterocycles. The Labute approximate surface area is 147 Å². The number of nitrogens with zero attached hydrogens (tertiary/aromatic N) is 4. The van der Waals surface area contributed by atoms with E-state index in [1.165, 1.54) is 11.0 Å². The summed E-state index contributed by atoms with van der Waals surface area (Å²) >= 11 is 0. The van der Waals surface area contributed by atoms with Crippen molar-refractivity contribution in [1.29, 1.82) is 0 Å². The Balaban J connectivity index is 1.74. The Morgan fingerprint density at radius 1 is 1.20 bits per heavy atom. The lowest BCUT2D eigenvalue weighted by Gasteiger charge is -2.24. The number of likely N-dealkylation sites (tertiary alicyclic amines) is 1. The molecular weight excluding hydrogens is 340 g/mol. The molecular formula is C17H22N4O3S. The second-order valence-electron chi connectivity index (χ2n) is 7.17. The van der Waals surface area contributed by atoms with Crippen LogP contribution < -0.4 is 0 Å². The highest BCUT2D eigenvalue weighted by molar-refractivity contribution is 7.93. The Morgan fingerprint density at radius 2 is 1.88 bits per heavy atom. The molecule has 1 atom stereocenters. The van der Waals surface area contributed by atoms with Crippen molar-refractivity contribution in [3.63, 3.8) is 0 Å². The third-order valence-corrected chi connectivity index (χ3v) is 7.39. The molecule has 1 aliphatic rings. The van der Waals surface area contributed by atoms with Gasteiger partial charge in [0.15, 0.2) is 15.5 Å². The normalized spacial score (nSPS) is 18.5. The summed E-state index contributed by atoms with van der Waals surface area (Å²) in [7, 11) is -3.30. The van der Waals surface area contributed by atoms with Gasteiger partial charge in [0, 0.05) is 13.1 Å². The number of hydrogen-bond acceptors (Lipinski definition) is 5. The highest BCUT2D eigenvalue weighted by atomic mass is 32.2. The minimum absolute atomic E-state index is 0.205. The predicted octanol–water partition coefficient (Wildman–Crippen LogP) is 1.70. The molecule has 0 radical (unpaired) electrons. The van der Waals surface area contributed by atoms with E-state index < -0.39 is 19.8 Å². The van der Waals surface area contributed by atoms with Gasteiger partial charge in [-0.25, -0.2) is 8.42 Å². The van der Waals surface area contributed by atoms with Crippen molar-refractivity contribution in [3.8, 4) is 5.69 Å². The van der Waals surface area contributed by atoms with Crippen LogP contribution in [0.1, 0.15) is 37.7 Å². The van der Waals surface area contributed by atoms with Gasteiger partial charge in [0.05, 0.1) is 21.9 Å². The minimum atomic E-state index is -3.30. The van der Waals surface area contributed by atoms with Gasteiger partial charge < -0.3 is 4.90 Å². The second kappa shape index (κ2) is 6.25. The molecule has 2 aromatic rings. The Hall–Kier alpha value is -2.22. The molecule has 8 heteroatoms. The van der Waals surface area contributed by atoms with Gasteiger partial charge >= 0.3 is 0 Å². The van der Waals surface area contributed by atoms with E-state index in [1.807, 2.05) is 30.3 Å². The van der Waals surface area contributed by atoms with Crippen molar-refractivity contribution in [2.24, 2.45) is 0 Å². The molecule has 1 fully saturated rings. The van der Waals surface area contributed by atoms with Crippen molar-refractivity contribution >= 4 is 15.7 Å². The second-order valence-corrected chi connectivity index (χ2v) is 10.2. The van der Waals surface area contributed by atoms with Gasteiger partial charge in [0.25, 0.3) is 5.91 Å². The van der Waals surface area contributed by atoms with Gasteiger partial charge in [-0.2, -0.15) is 9.90 Å². The fourth-order valence-corrected chi connectivity index (χ4v) is 4.67. The first kappa shape index (κ1) is 17.6. The summed E-state index contributed by atoms with van der Waals surface area (Å²) in [5.41, 5.74) is 0.980. The fourth-order valence-electron chi connectivity index (χ4n) is 2.87. The van der Waals surface area contributed by atoms with Crippen LogP contribution in [0.5, 0.6) is 0 Å². The smallest absolute Gasteiger partial charge is 0.276 e. The third-order valence-electron chi connectivity index (χ3n) is 4.42. The quantitative estimate of drug-likeness (QED) is 0.829. The molecule has 1 aromatic heterocycles. The van der Waals surface area contributed by atoms with Crippen LogP contribution in [-0.2, 0) is 9.84 Å². The lowest BCUT2D eigenvalue weighted by Crippen LogP contribution is -2.39. The van der Waals surface area contributed by atoms with E-state index in [9.17, 15) is 13.2 Å². The standard InChI is InChI=1S/C17H22N4O3S/c1-17(2,3)25(23,24)14-9-10-20(12-14)16(22)15-11-18-21(19-15)13-7-5-4-6-8-13/h4-8,11,14H,9-10,12H2,1-3H3/t14-/m1/s1. The number of carbonyl (C=O) groups is 1. The van der Waals surface area contributed by atoms with Crippen molar-refractivity contribution < 1.29 is 13.2 Å². The van der Waals surface area contributed by atoms with Crippen molar-refractivity contribution in [2.75, 3.05) is 13.1 Å². The summed E-state index contributed by atoms with van der Waals surface area (Å²) in [5.74, 6) is -0.284. The number of amides is 1. The van der Waals surface area contributed by atoms with Gasteiger partial charge in [0.2, 0.25) is 0 Å². The molecule has 2 heterocycles. The average molecular weight is 362 g/mol. The molecule has 0 aliphatic carbocycles. The van der Waals surface area contributed by atoms with Crippen LogP contribution in [0.3, 0.4) is 0 Å². The maximum absolute atomic E-state index is 12.6. The van der Waals surface area contributed by atoms with Crippen LogP contribution in [0.15, 0.2) is 36.5 Å². The molecule has 134 valence electrons. The fraction of sp³-hybridized carbons (Fsp3) is 0.471. The molecule has 0 saturated carbocycles. The topological polar surface area (TPSA) is 85.2 Å². The molecule has 0 spiro atoms. The first-order valence-electron chi connectivity index (χ1n) is 8.20. The van der Waals surface area contributed by atoms with Gasteiger partial charge in [-0.15, -0.1) is 5.10 Å². The SMILES string of the molecule is CC(C)(C)S(=O)(=O)[C@@H]1CCN(C(=O)c2cnn(-c3ccccc3)n2)C1. The summed E-state index contributed by atoms with van der Waals surface area (Å²) in [4.78, 5) is 15.6. The van der Waals surface area contributed by atoms with E-state index >= 15 is 0 Å². The summed E-state index contributed by atoms with van der Waals surface area (Å²) < 4.78 is 24.3. The molecule has 1 aromatic carbocycles. The number of para-hydroxylation sites is 1. The lowest BCUT2D eigenvalue weighted by molar-refractivity contribution is 0.0787. The number of rotatable bonds is 3. The Kier molecular flexibility index (Phi) is 4.40. The maximum atomic E-state index is 12.6. The largest absolute Gasteiger partial charge is 0.336 e. The van der Waals surface area contributed by atoms with Crippen molar-refractivity contribution in [1.82, 2.24) is 19.9 Å². The van der Waals surface area contributed by atoms with Crippen LogP contribution >= 0.6 is 0 Å². The average Bonchev–Trinajstić information content (AvgIpc) is 3.24. The van der Waals surface area contributed by atoms with Crippen LogP contribution in [0.2, 0.25) is 0 Å². The monoisotopic (exact) mass is 362 g/mol. The molecule has 0 bridgehead atoms. The van der Waals surface area contributed by atoms with Gasteiger partial charge in [0.1, 0.15) is 0 Å². The molecule has 0 unspecified atom stereocenters. The number of hydrogen-bond donors (Lipinski definition) is 0. The molecule has 7 nitrogen and oxygen atoms in total. The number of carbonyl (C=O) groups excluding carboxylic acids is 1. The summed E-state index contributed by atoms with van der Waals surface area (Å²) in [5, 5.41) is 7.82. The highest BCUT2D eigenvalue weighted by Gasteiger charge is 2.42. The molecule has 3 rings (SSSR count). The zero-order valence-electron chi connectivity index (χ0n) is 14.6. The van der Waals surface area contributed by atoms with E-state index in [2.05, 4.69) is 10.2 Å². The summed E-state index contributed by atoms with van der Waals surface area (Å²) in [6.45, 7) is 5.70. The van der Waals surface area contributed by atoms with Crippen LogP contribution in [0, 0.1) is 0 Å². The molecule has 1 amide bonds. The molecule has 25 heavy (non-hydrogen) atoms. The summed E-state index contributed by atoms with van der Waals surface area (Å²) in [6, 6.07) is 9.30. The lowest BCUT2D eigenvalue weighted by atomic mass is 10.3. The van der Waals surface area contributed by atoms with E-state index in [-0.39, 0.29) is 18.1 Å². The minimum Gasteiger partial charge on any atom is -0.336 e. The highest BCUT2D eigenvalue weighted by Crippen LogP contribution is 2.27. The van der Waals surface area contributed by atoms with E-state index in [4.69, 9.17) is 0 Å². The van der Waals surface area contributed by atoms with E-state index in [1.54, 1.807) is 25.7 Å². The van der Waals surface area contributed by atoms with Gasteiger partial charge in [-0.05, 0) is 39.3 Å². The van der Waals surface area contributed by atoms with Crippen LogP contribution in [0.4, 0.5) is 0 Å². The summed E-state index contributed by atoms with van der Waals surface area (Å²) in [6.07, 6.45) is 1.87. The van der Waals surface area contributed by atoms with Crippen LogP contribution in [0.25, 0.3) is 5.69 Å². The maximum Gasteiger partial charge on any atom is 0.276 e. The molecule has 0 N–H and O–H groups in total. The third kappa shape index (κ3) is 3.30. The Morgan fingerprint density at radius 3 is 2.52 bits per heavy atom. The molecule has 1 saturated heterocycles. The predicted molar refractivity (Wildman–Crippen MR) is 94.3 cm³/mol. The first-order valence-corrected chi connectivity index (χ1v) is 9.75. The van der Waals surface area contributed by atoms with Crippen molar-refractivity contribution in [3.05, 3.63) is 42.2 Å². The Bertz CT molecular complexity index is 869. The number of benzene rings is 1. The number of sulfone groups is 1. The van der Waals surface area contributed by atoms with Crippen LogP contribution in [-0.4, -0.2) is 57.3 Å². The van der Waals surface area contributed by atoms with Crippen molar-refractivity contribution in [2.45, 2.75) is 37.2 Å². The van der Waals surface area contributed by atoms with Gasteiger partial charge in [-0.1, -0.05) is 18.2 Å². The first-order chi connectivity index (χ1) is 11.7.